The van der Waals surface area contributed by atoms with E-state index in [0.29, 0.717) is 33.5 Å². The van der Waals surface area contributed by atoms with Crippen LogP contribution in [0.25, 0.3) is 0 Å². The molecule has 0 radical (unpaired) electrons. The molecule has 0 aliphatic carbocycles. The average Bonchev–Trinajstić information content (AvgIpc) is 3.26. The van der Waals surface area contributed by atoms with Crippen LogP contribution < -0.4 is 30.2 Å². The Morgan fingerprint density at radius 3 is 2.26 bits per heavy atom. The second-order valence-electron chi connectivity index (χ2n) is 7.13. The van der Waals surface area contributed by atoms with Gasteiger partial charge in [-0.05, 0) is 19.4 Å². The van der Waals surface area contributed by atoms with Crippen molar-refractivity contribution < 1.29 is 28.6 Å². The van der Waals surface area contributed by atoms with Crippen LogP contribution >= 0.6 is 11.3 Å². The third kappa shape index (κ3) is 4.15. The number of nitrogens with one attached hydrogen (secondary N) is 1. The molecule has 0 bridgehead atoms. The topological polar surface area (TPSA) is 120 Å². The summed E-state index contributed by atoms with van der Waals surface area (Å²) in [5, 5.41) is 3.19. The molecule has 3 amide bonds. The van der Waals surface area contributed by atoms with E-state index in [1.807, 2.05) is 6.92 Å². The van der Waals surface area contributed by atoms with Gasteiger partial charge in [-0.1, -0.05) is 0 Å². The second kappa shape index (κ2) is 8.84. The Hall–Kier alpha value is -3.27. The third-order valence-electron chi connectivity index (χ3n) is 5.33. The van der Waals surface area contributed by atoms with Crippen LogP contribution in [0.15, 0.2) is 12.1 Å². The number of ether oxygens (including phenoxy) is 3. The first-order chi connectivity index (χ1) is 14.7. The first kappa shape index (κ1) is 22.4. The van der Waals surface area contributed by atoms with E-state index >= 15 is 0 Å². The molecule has 3 N–H and O–H groups in total. The van der Waals surface area contributed by atoms with Crippen LogP contribution in [0.5, 0.6) is 17.2 Å². The second-order valence-corrected chi connectivity index (χ2v) is 8.35. The van der Waals surface area contributed by atoms with Gasteiger partial charge in [-0.3, -0.25) is 14.4 Å². The number of methoxy groups -OCH3 is 3. The van der Waals surface area contributed by atoms with Crippen LogP contribution in [-0.4, -0.2) is 45.6 Å². The van der Waals surface area contributed by atoms with Gasteiger partial charge in [0.1, 0.15) is 5.00 Å². The van der Waals surface area contributed by atoms with E-state index in [4.69, 9.17) is 19.9 Å². The van der Waals surface area contributed by atoms with Gasteiger partial charge in [-0.2, -0.15) is 0 Å². The molecular weight excluding hydrogens is 422 g/mol. The fourth-order valence-electron chi connectivity index (χ4n) is 3.58. The molecular formula is C21H25N3O6S. The molecule has 2 aromatic rings. The van der Waals surface area contributed by atoms with E-state index in [0.717, 1.165) is 10.4 Å². The number of nitrogens with zero attached hydrogens (tertiary/aromatic N) is 1. The predicted molar refractivity (Wildman–Crippen MR) is 117 cm³/mol. The first-order valence-corrected chi connectivity index (χ1v) is 10.3. The standard InChI is InChI=1S/C21H25N3O6S/c1-10-11(2)31-21(17(10)19(22)26)23-20(27)12-6-16(25)24(9-12)13-7-14(28-3)18(30-5)15(8-13)29-4/h7-8,12H,6,9H2,1-5H3,(H2,22,26)(H,23,27). The number of anilines is 2. The van der Waals surface area contributed by atoms with Gasteiger partial charge in [0.2, 0.25) is 17.6 Å². The number of carbonyl (C=O) groups excluding carboxylic acids is 3. The lowest BCUT2D eigenvalue weighted by Gasteiger charge is -2.20. The summed E-state index contributed by atoms with van der Waals surface area (Å²) < 4.78 is 16.0. The molecule has 10 heteroatoms. The van der Waals surface area contributed by atoms with Crippen LogP contribution in [0.2, 0.25) is 0 Å². The first-order valence-electron chi connectivity index (χ1n) is 9.52. The fraction of sp³-hybridized carbons (Fsp3) is 0.381. The van der Waals surface area contributed by atoms with Crippen LogP contribution in [0.4, 0.5) is 10.7 Å². The molecule has 31 heavy (non-hydrogen) atoms. The highest BCUT2D eigenvalue weighted by Crippen LogP contribution is 2.42. The monoisotopic (exact) mass is 447 g/mol. The number of aryl methyl sites for hydroxylation is 1. The highest BCUT2D eigenvalue weighted by molar-refractivity contribution is 7.16. The molecule has 166 valence electrons. The molecule has 1 saturated heterocycles. The number of nitrogens with two attached hydrogens (primary N) is 1. The molecule has 0 spiro atoms. The zero-order valence-electron chi connectivity index (χ0n) is 18.0. The summed E-state index contributed by atoms with van der Waals surface area (Å²) in [5.74, 6) is -0.498. The number of hydrogen-bond acceptors (Lipinski definition) is 7. The average molecular weight is 448 g/mol. The van der Waals surface area contributed by atoms with Crippen LogP contribution in [0, 0.1) is 19.8 Å². The lowest BCUT2D eigenvalue weighted by molar-refractivity contribution is -0.122. The van der Waals surface area contributed by atoms with E-state index in [9.17, 15) is 14.4 Å². The Morgan fingerprint density at radius 2 is 1.74 bits per heavy atom. The summed E-state index contributed by atoms with van der Waals surface area (Å²) in [4.78, 5) is 39.8. The third-order valence-corrected chi connectivity index (χ3v) is 6.45. The van der Waals surface area contributed by atoms with E-state index in [1.165, 1.54) is 37.6 Å². The number of benzene rings is 1. The van der Waals surface area contributed by atoms with Crippen molar-refractivity contribution in [3.05, 3.63) is 28.1 Å². The van der Waals surface area contributed by atoms with Crippen molar-refractivity contribution in [1.29, 1.82) is 0 Å². The summed E-state index contributed by atoms with van der Waals surface area (Å²) in [6, 6.07) is 3.33. The van der Waals surface area contributed by atoms with Crippen molar-refractivity contribution in [2.45, 2.75) is 20.3 Å². The van der Waals surface area contributed by atoms with Crippen LogP contribution in [0.1, 0.15) is 27.2 Å². The minimum Gasteiger partial charge on any atom is -0.493 e. The molecule has 1 unspecified atom stereocenters. The maximum atomic E-state index is 12.9. The maximum Gasteiger partial charge on any atom is 0.251 e. The van der Waals surface area contributed by atoms with Gasteiger partial charge in [-0.15, -0.1) is 11.3 Å². The van der Waals surface area contributed by atoms with Gasteiger partial charge >= 0.3 is 0 Å². The Kier molecular flexibility index (Phi) is 6.40. The Labute approximate surface area is 184 Å². The van der Waals surface area contributed by atoms with Crippen molar-refractivity contribution in [2.75, 3.05) is 38.1 Å². The smallest absolute Gasteiger partial charge is 0.251 e. The number of rotatable bonds is 7. The highest BCUT2D eigenvalue weighted by Gasteiger charge is 2.36. The summed E-state index contributed by atoms with van der Waals surface area (Å²) in [6.45, 7) is 3.82. The van der Waals surface area contributed by atoms with Gasteiger partial charge in [-0.25, -0.2) is 0 Å². The Morgan fingerprint density at radius 1 is 1.13 bits per heavy atom. The van der Waals surface area contributed by atoms with Crippen molar-refractivity contribution in [1.82, 2.24) is 0 Å². The minimum atomic E-state index is -0.598. The number of hydrogen-bond donors (Lipinski definition) is 2. The maximum absolute atomic E-state index is 12.9. The highest BCUT2D eigenvalue weighted by atomic mass is 32.1. The molecule has 1 fully saturated rings. The van der Waals surface area contributed by atoms with Crippen molar-refractivity contribution in [3.63, 3.8) is 0 Å². The van der Waals surface area contributed by atoms with Crippen molar-refractivity contribution in [2.24, 2.45) is 11.7 Å². The van der Waals surface area contributed by atoms with Gasteiger partial charge in [0.25, 0.3) is 5.91 Å². The molecule has 9 nitrogen and oxygen atoms in total. The van der Waals surface area contributed by atoms with Gasteiger partial charge in [0, 0.05) is 30.0 Å². The number of primary amides is 1. The molecule has 0 saturated carbocycles. The van der Waals surface area contributed by atoms with E-state index in [1.54, 1.807) is 19.1 Å². The lowest BCUT2D eigenvalue weighted by atomic mass is 10.1. The van der Waals surface area contributed by atoms with E-state index in [-0.39, 0.29) is 24.8 Å². The molecule has 1 aromatic carbocycles. The quantitative estimate of drug-likeness (QED) is 0.673. The molecule has 2 heterocycles. The van der Waals surface area contributed by atoms with Gasteiger partial charge in [0.15, 0.2) is 11.5 Å². The molecule has 1 aliphatic heterocycles. The molecule has 1 atom stereocenters. The molecule has 1 aliphatic rings. The Bertz CT molecular complexity index is 1020. The number of amides is 3. The van der Waals surface area contributed by atoms with Crippen LogP contribution in [-0.2, 0) is 9.59 Å². The zero-order chi connectivity index (χ0) is 22.9. The summed E-state index contributed by atoms with van der Waals surface area (Å²) >= 11 is 1.29. The Balaban J connectivity index is 1.83. The van der Waals surface area contributed by atoms with Crippen LogP contribution in [0.3, 0.4) is 0 Å². The predicted octanol–water partition coefficient (Wildman–Crippen LogP) is 2.48. The zero-order valence-corrected chi connectivity index (χ0v) is 18.8. The molecule has 1 aromatic heterocycles. The summed E-state index contributed by atoms with van der Waals surface area (Å²) in [6.07, 6.45) is 0.0394. The van der Waals surface area contributed by atoms with Crippen molar-refractivity contribution >= 4 is 39.7 Å². The van der Waals surface area contributed by atoms with Gasteiger partial charge < -0.3 is 30.2 Å². The minimum absolute atomic E-state index is 0.0394. The largest absolute Gasteiger partial charge is 0.493 e. The number of thiophene rings is 1. The molecule has 3 rings (SSSR count). The van der Waals surface area contributed by atoms with Gasteiger partial charge in [0.05, 0.1) is 38.5 Å². The normalized spacial score (nSPS) is 15.7. The number of carbonyl (C=O) groups is 3. The van der Waals surface area contributed by atoms with E-state index in [2.05, 4.69) is 5.32 Å². The lowest BCUT2D eigenvalue weighted by Crippen LogP contribution is -2.28. The summed E-state index contributed by atoms with van der Waals surface area (Å²) in [7, 11) is 4.48. The SMILES string of the molecule is COc1cc(N2CC(C(=O)Nc3sc(C)c(C)c3C(N)=O)CC2=O)cc(OC)c1OC. The van der Waals surface area contributed by atoms with E-state index < -0.39 is 11.8 Å². The van der Waals surface area contributed by atoms with Crippen molar-refractivity contribution in [3.8, 4) is 17.2 Å². The fourth-order valence-corrected chi connectivity index (χ4v) is 4.65. The summed E-state index contributed by atoms with van der Waals surface area (Å²) in [5.41, 5.74) is 7.07.